The minimum atomic E-state index is -0.606. The van der Waals surface area contributed by atoms with Gasteiger partial charge in [0.05, 0.1) is 0 Å². The minimum absolute atomic E-state index is 0.211. The fraction of sp³-hybridized carbons (Fsp3) is 0.316. The molecule has 1 atom stereocenters. The quantitative estimate of drug-likeness (QED) is 0.914. The maximum Gasteiger partial charge on any atom is 0.265 e. The zero-order chi connectivity index (χ0) is 16.9. The SMILES string of the molecule is CCc1ccccc1OC(C)C(=O)Nc1ccc2c(c1)OCCO2. The Labute approximate surface area is 141 Å². The number of anilines is 1. The van der Waals surface area contributed by atoms with E-state index < -0.39 is 6.10 Å². The van der Waals surface area contributed by atoms with Gasteiger partial charge in [-0.25, -0.2) is 0 Å². The summed E-state index contributed by atoms with van der Waals surface area (Å²) in [7, 11) is 0. The molecule has 1 aliphatic heterocycles. The van der Waals surface area contributed by atoms with Gasteiger partial charge >= 0.3 is 0 Å². The molecule has 1 N–H and O–H groups in total. The average molecular weight is 327 g/mol. The molecular formula is C19H21NO4. The van der Waals surface area contributed by atoms with Crippen molar-refractivity contribution in [2.24, 2.45) is 0 Å². The van der Waals surface area contributed by atoms with Crippen LogP contribution in [-0.4, -0.2) is 25.2 Å². The van der Waals surface area contributed by atoms with Gasteiger partial charge in [0.15, 0.2) is 17.6 Å². The van der Waals surface area contributed by atoms with Crippen LogP contribution in [0.15, 0.2) is 42.5 Å². The van der Waals surface area contributed by atoms with Gasteiger partial charge in [0, 0.05) is 11.8 Å². The van der Waals surface area contributed by atoms with E-state index in [9.17, 15) is 4.79 Å². The van der Waals surface area contributed by atoms with Crippen molar-refractivity contribution in [2.75, 3.05) is 18.5 Å². The fourth-order valence-corrected chi connectivity index (χ4v) is 2.52. The highest BCUT2D eigenvalue weighted by Gasteiger charge is 2.18. The fourth-order valence-electron chi connectivity index (χ4n) is 2.52. The van der Waals surface area contributed by atoms with Gasteiger partial charge < -0.3 is 19.5 Å². The lowest BCUT2D eigenvalue weighted by atomic mass is 10.1. The predicted molar refractivity (Wildman–Crippen MR) is 92.0 cm³/mol. The van der Waals surface area contributed by atoms with E-state index in [4.69, 9.17) is 14.2 Å². The topological polar surface area (TPSA) is 56.8 Å². The summed E-state index contributed by atoms with van der Waals surface area (Å²) in [4.78, 5) is 12.4. The maximum absolute atomic E-state index is 12.4. The Kier molecular flexibility index (Phi) is 4.89. The number of nitrogens with one attached hydrogen (secondary N) is 1. The molecule has 0 saturated heterocycles. The Bertz CT molecular complexity index is 729. The summed E-state index contributed by atoms with van der Waals surface area (Å²) in [6.45, 7) is 4.85. The number of benzene rings is 2. The van der Waals surface area contributed by atoms with E-state index in [1.807, 2.05) is 24.3 Å². The third kappa shape index (κ3) is 3.62. The van der Waals surface area contributed by atoms with Gasteiger partial charge in [-0.1, -0.05) is 25.1 Å². The first-order valence-electron chi connectivity index (χ1n) is 8.12. The number of fused-ring (bicyclic) bond motifs is 1. The van der Waals surface area contributed by atoms with Crippen LogP contribution >= 0.6 is 0 Å². The summed E-state index contributed by atoms with van der Waals surface area (Å²) in [6, 6.07) is 13.1. The molecule has 1 unspecified atom stereocenters. The van der Waals surface area contributed by atoms with E-state index in [1.54, 1.807) is 25.1 Å². The zero-order valence-electron chi connectivity index (χ0n) is 13.9. The third-order valence-electron chi connectivity index (χ3n) is 3.84. The lowest BCUT2D eigenvalue weighted by Gasteiger charge is -2.20. The number of hydrogen-bond acceptors (Lipinski definition) is 4. The molecule has 1 amide bonds. The Morgan fingerprint density at radius 2 is 1.92 bits per heavy atom. The summed E-state index contributed by atoms with van der Waals surface area (Å²) in [5.41, 5.74) is 1.74. The molecule has 24 heavy (non-hydrogen) atoms. The Morgan fingerprint density at radius 1 is 1.17 bits per heavy atom. The van der Waals surface area contributed by atoms with Gasteiger partial charge in [0.1, 0.15) is 19.0 Å². The molecule has 1 heterocycles. The van der Waals surface area contributed by atoms with Crippen molar-refractivity contribution in [2.45, 2.75) is 26.4 Å². The molecule has 1 aliphatic rings. The van der Waals surface area contributed by atoms with Crippen LogP contribution in [0.25, 0.3) is 0 Å². The smallest absolute Gasteiger partial charge is 0.265 e. The predicted octanol–water partition coefficient (Wildman–Crippen LogP) is 3.43. The van der Waals surface area contributed by atoms with Crippen LogP contribution in [0.4, 0.5) is 5.69 Å². The van der Waals surface area contributed by atoms with Gasteiger partial charge in [0.2, 0.25) is 0 Å². The first-order chi connectivity index (χ1) is 11.7. The molecule has 0 aromatic heterocycles. The standard InChI is InChI=1S/C19H21NO4/c1-3-14-6-4-5-7-16(14)24-13(2)19(21)20-15-8-9-17-18(12-15)23-11-10-22-17/h4-9,12-13H,3,10-11H2,1-2H3,(H,20,21). The monoisotopic (exact) mass is 327 g/mol. The average Bonchev–Trinajstić information content (AvgIpc) is 2.62. The van der Waals surface area contributed by atoms with Crippen molar-refractivity contribution >= 4 is 11.6 Å². The summed E-state index contributed by atoms with van der Waals surface area (Å²) in [6.07, 6.45) is 0.248. The molecule has 0 saturated carbocycles. The van der Waals surface area contributed by atoms with Crippen LogP contribution in [0.3, 0.4) is 0 Å². The molecule has 126 valence electrons. The first kappa shape index (κ1) is 16.2. The van der Waals surface area contributed by atoms with Crippen LogP contribution in [0, 0.1) is 0 Å². The van der Waals surface area contributed by atoms with E-state index in [0.717, 1.165) is 17.7 Å². The van der Waals surface area contributed by atoms with Gasteiger partial charge in [-0.2, -0.15) is 0 Å². The number of para-hydroxylation sites is 1. The van der Waals surface area contributed by atoms with Crippen molar-refractivity contribution in [1.29, 1.82) is 0 Å². The zero-order valence-corrected chi connectivity index (χ0v) is 13.9. The highest BCUT2D eigenvalue weighted by Crippen LogP contribution is 2.32. The highest BCUT2D eigenvalue weighted by atomic mass is 16.6. The first-order valence-corrected chi connectivity index (χ1v) is 8.12. The number of aryl methyl sites for hydroxylation is 1. The molecule has 0 aliphatic carbocycles. The van der Waals surface area contributed by atoms with Crippen LogP contribution < -0.4 is 19.5 Å². The molecule has 0 fully saturated rings. The molecule has 0 radical (unpaired) electrons. The lowest BCUT2D eigenvalue weighted by Crippen LogP contribution is -2.30. The van der Waals surface area contributed by atoms with Crippen molar-refractivity contribution in [3.05, 3.63) is 48.0 Å². The molecule has 0 spiro atoms. The Hall–Kier alpha value is -2.69. The lowest BCUT2D eigenvalue weighted by molar-refractivity contribution is -0.122. The molecule has 5 nitrogen and oxygen atoms in total. The number of carbonyl (C=O) groups is 1. The summed E-state index contributed by atoms with van der Waals surface area (Å²) in [5, 5.41) is 2.85. The van der Waals surface area contributed by atoms with Crippen molar-refractivity contribution in [1.82, 2.24) is 0 Å². The number of carbonyl (C=O) groups excluding carboxylic acids is 1. The Balaban J connectivity index is 1.66. The summed E-state index contributed by atoms with van der Waals surface area (Å²) >= 11 is 0. The van der Waals surface area contributed by atoms with Gasteiger partial charge in [-0.05, 0) is 37.1 Å². The molecule has 2 aromatic rings. The van der Waals surface area contributed by atoms with E-state index in [1.165, 1.54) is 0 Å². The Morgan fingerprint density at radius 3 is 2.71 bits per heavy atom. The normalized spacial score (nSPS) is 13.9. The summed E-state index contributed by atoms with van der Waals surface area (Å²) in [5.74, 6) is 1.87. The van der Waals surface area contributed by atoms with Gasteiger partial charge in [-0.15, -0.1) is 0 Å². The van der Waals surface area contributed by atoms with Gasteiger partial charge in [-0.3, -0.25) is 4.79 Å². The second-order valence-electron chi connectivity index (χ2n) is 5.57. The maximum atomic E-state index is 12.4. The van der Waals surface area contributed by atoms with Crippen LogP contribution in [-0.2, 0) is 11.2 Å². The number of amides is 1. The van der Waals surface area contributed by atoms with E-state index in [2.05, 4.69) is 12.2 Å². The molecule has 0 bridgehead atoms. The van der Waals surface area contributed by atoms with E-state index >= 15 is 0 Å². The number of rotatable bonds is 5. The second-order valence-corrected chi connectivity index (χ2v) is 5.57. The van der Waals surface area contributed by atoms with E-state index in [0.29, 0.717) is 30.4 Å². The van der Waals surface area contributed by atoms with Crippen molar-refractivity contribution < 1.29 is 19.0 Å². The third-order valence-corrected chi connectivity index (χ3v) is 3.84. The van der Waals surface area contributed by atoms with Crippen molar-refractivity contribution in [3.63, 3.8) is 0 Å². The largest absolute Gasteiger partial charge is 0.486 e. The number of ether oxygens (including phenoxy) is 3. The van der Waals surface area contributed by atoms with Crippen LogP contribution in [0.1, 0.15) is 19.4 Å². The molecular weight excluding hydrogens is 306 g/mol. The van der Waals surface area contributed by atoms with Crippen LogP contribution in [0.2, 0.25) is 0 Å². The molecule has 2 aromatic carbocycles. The van der Waals surface area contributed by atoms with Crippen LogP contribution in [0.5, 0.6) is 17.2 Å². The highest BCUT2D eigenvalue weighted by molar-refractivity contribution is 5.94. The van der Waals surface area contributed by atoms with Gasteiger partial charge in [0.25, 0.3) is 5.91 Å². The number of hydrogen-bond donors (Lipinski definition) is 1. The van der Waals surface area contributed by atoms with E-state index in [-0.39, 0.29) is 5.91 Å². The minimum Gasteiger partial charge on any atom is -0.486 e. The summed E-state index contributed by atoms with van der Waals surface area (Å²) < 4.78 is 16.8. The molecule has 5 heteroatoms. The molecule has 3 rings (SSSR count). The second kappa shape index (κ2) is 7.25. The van der Waals surface area contributed by atoms with Crippen molar-refractivity contribution in [3.8, 4) is 17.2 Å².